The molecule has 1 aromatic carbocycles. The molecule has 3 rings (SSSR count). The summed E-state index contributed by atoms with van der Waals surface area (Å²) < 4.78 is 5.15. The molecule has 1 fully saturated rings. The van der Waals surface area contributed by atoms with Gasteiger partial charge in [-0.1, -0.05) is 0 Å². The van der Waals surface area contributed by atoms with E-state index < -0.39 is 17.9 Å². The lowest BCUT2D eigenvalue weighted by Crippen LogP contribution is -2.54. The van der Waals surface area contributed by atoms with Gasteiger partial charge in [0.1, 0.15) is 5.75 Å². The third-order valence-electron chi connectivity index (χ3n) is 4.51. The van der Waals surface area contributed by atoms with Gasteiger partial charge in [-0.25, -0.2) is 9.79 Å². The molecule has 2 heterocycles. The first-order chi connectivity index (χ1) is 12.0. The van der Waals surface area contributed by atoms with Crippen molar-refractivity contribution in [2.24, 2.45) is 10.9 Å². The van der Waals surface area contributed by atoms with Crippen molar-refractivity contribution in [1.29, 1.82) is 0 Å². The van der Waals surface area contributed by atoms with Crippen molar-refractivity contribution < 1.29 is 19.1 Å². The molecule has 0 saturated carbocycles. The Hall–Kier alpha value is -2.90. The highest BCUT2D eigenvalue weighted by molar-refractivity contribution is 6.20. The van der Waals surface area contributed by atoms with Crippen LogP contribution in [0.4, 0.5) is 10.5 Å². The van der Waals surface area contributed by atoms with Crippen LogP contribution in [0, 0.1) is 5.92 Å². The SMILES string of the molecule is COc1ccc(N2CCN(C(=O)C3C=NC(=O)N(C)C3=O)CC2)cc1. The Labute approximate surface area is 145 Å². The Morgan fingerprint density at radius 2 is 1.76 bits per heavy atom. The molecule has 8 nitrogen and oxygen atoms in total. The second kappa shape index (κ2) is 6.92. The van der Waals surface area contributed by atoms with Gasteiger partial charge < -0.3 is 14.5 Å². The van der Waals surface area contributed by atoms with Gasteiger partial charge in [0.25, 0.3) is 0 Å². The number of aliphatic imine (C=N–C) groups is 1. The van der Waals surface area contributed by atoms with Crippen LogP contribution in [0.2, 0.25) is 0 Å². The molecular formula is C17H20N4O4. The smallest absolute Gasteiger partial charge is 0.349 e. The van der Waals surface area contributed by atoms with E-state index in [4.69, 9.17) is 4.74 Å². The van der Waals surface area contributed by atoms with Crippen LogP contribution in [0.15, 0.2) is 29.3 Å². The summed E-state index contributed by atoms with van der Waals surface area (Å²) >= 11 is 0. The molecule has 0 aliphatic carbocycles. The highest BCUT2D eigenvalue weighted by Gasteiger charge is 2.37. The van der Waals surface area contributed by atoms with Crippen molar-refractivity contribution >= 4 is 29.7 Å². The number of anilines is 1. The average Bonchev–Trinajstić information content (AvgIpc) is 2.66. The van der Waals surface area contributed by atoms with Gasteiger partial charge in [0, 0.05) is 45.1 Å². The van der Waals surface area contributed by atoms with Gasteiger partial charge in [0.15, 0.2) is 5.92 Å². The van der Waals surface area contributed by atoms with Gasteiger partial charge in [0.05, 0.1) is 7.11 Å². The Morgan fingerprint density at radius 1 is 1.12 bits per heavy atom. The zero-order chi connectivity index (χ0) is 18.0. The Balaban J connectivity index is 1.61. The maximum absolute atomic E-state index is 12.6. The first-order valence-corrected chi connectivity index (χ1v) is 8.05. The van der Waals surface area contributed by atoms with E-state index in [1.54, 1.807) is 12.0 Å². The molecule has 0 spiro atoms. The first kappa shape index (κ1) is 16.9. The largest absolute Gasteiger partial charge is 0.497 e. The highest BCUT2D eigenvalue weighted by Crippen LogP contribution is 2.21. The van der Waals surface area contributed by atoms with E-state index >= 15 is 0 Å². The summed E-state index contributed by atoms with van der Waals surface area (Å²) in [6.07, 6.45) is 1.16. The van der Waals surface area contributed by atoms with Gasteiger partial charge in [-0.3, -0.25) is 14.5 Å². The van der Waals surface area contributed by atoms with E-state index in [9.17, 15) is 14.4 Å². The molecule has 0 bridgehead atoms. The molecule has 25 heavy (non-hydrogen) atoms. The molecule has 0 N–H and O–H groups in total. The van der Waals surface area contributed by atoms with Crippen molar-refractivity contribution in [3.63, 3.8) is 0 Å². The van der Waals surface area contributed by atoms with Crippen molar-refractivity contribution in [3.8, 4) is 5.75 Å². The van der Waals surface area contributed by atoms with Gasteiger partial charge in [0.2, 0.25) is 11.8 Å². The van der Waals surface area contributed by atoms with Crippen LogP contribution in [0.5, 0.6) is 5.75 Å². The molecule has 0 aromatic heterocycles. The number of nitrogens with zero attached hydrogens (tertiary/aromatic N) is 4. The quantitative estimate of drug-likeness (QED) is 0.751. The second-order valence-corrected chi connectivity index (χ2v) is 5.95. The molecule has 8 heteroatoms. The average molecular weight is 344 g/mol. The highest BCUT2D eigenvalue weighted by atomic mass is 16.5. The first-order valence-electron chi connectivity index (χ1n) is 8.05. The maximum atomic E-state index is 12.6. The number of methoxy groups -OCH3 is 1. The Kier molecular flexibility index (Phi) is 4.69. The van der Waals surface area contributed by atoms with E-state index in [0.29, 0.717) is 26.2 Å². The van der Waals surface area contributed by atoms with E-state index in [2.05, 4.69) is 9.89 Å². The molecule has 1 atom stereocenters. The minimum Gasteiger partial charge on any atom is -0.497 e. The third kappa shape index (κ3) is 3.33. The van der Waals surface area contributed by atoms with Crippen LogP contribution in [0.1, 0.15) is 0 Å². The lowest BCUT2D eigenvalue weighted by Gasteiger charge is -2.37. The number of benzene rings is 1. The summed E-state index contributed by atoms with van der Waals surface area (Å²) in [6, 6.07) is 7.12. The minimum absolute atomic E-state index is 0.303. The van der Waals surface area contributed by atoms with E-state index in [-0.39, 0.29) is 5.91 Å². The third-order valence-corrected chi connectivity index (χ3v) is 4.51. The normalized spacial score (nSPS) is 20.9. The standard InChI is InChI=1S/C17H20N4O4/c1-19-15(22)14(11-18-17(19)24)16(23)21-9-7-20(8-10-21)12-3-5-13(25-2)6-4-12/h3-6,11,14H,7-10H2,1-2H3. The minimum atomic E-state index is -1.00. The number of hydrogen-bond acceptors (Lipinski definition) is 5. The topological polar surface area (TPSA) is 82.5 Å². The number of piperazine rings is 1. The molecule has 2 aliphatic heterocycles. The van der Waals surface area contributed by atoms with Crippen LogP contribution in [-0.2, 0) is 9.59 Å². The Morgan fingerprint density at radius 3 is 2.36 bits per heavy atom. The molecule has 132 valence electrons. The molecule has 1 unspecified atom stereocenters. The number of carbonyl (C=O) groups is 3. The maximum Gasteiger partial charge on any atom is 0.349 e. The lowest BCUT2D eigenvalue weighted by atomic mass is 10.1. The van der Waals surface area contributed by atoms with Crippen LogP contribution in [0.3, 0.4) is 0 Å². The summed E-state index contributed by atoms with van der Waals surface area (Å²) in [7, 11) is 2.96. The Bertz CT molecular complexity index is 708. The van der Waals surface area contributed by atoms with Crippen molar-refractivity contribution in [2.45, 2.75) is 0 Å². The van der Waals surface area contributed by atoms with Gasteiger partial charge in [-0.05, 0) is 24.3 Å². The van der Waals surface area contributed by atoms with Gasteiger partial charge >= 0.3 is 6.03 Å². The van der Waals surface area contributed by atoms with E-state index in [1.807, 2.05) is 24.3 Å². The van der Waals surface area contributed by atoms with Crippen molar-refractivity contribution in [1.82, 2.24) is 9.80 Å². The lowest BCUT2D eigenvalue weighted by molar-refractivity contribution is -0.142. The zero-order valence-electron chi connectivity index (χ0n) is 14.2. The van der Waals surface area contributed by atoms with Crippen molar-refractivity contribution in [2.75, 3.05) is 45.2 Å². The van der Waals surface area contributed by atoms with E-state index in [1.165, 1.54) is 7.05 Å². The molecule has 4 amide bonds. The predicted molar refractivity (Wildman–Crippen MR) is 91.9 cm³/mol. The van der Waals surface area contributed by atoms with Crippen LogP contribution >= 0.6 is 0 Å². The molecule has 1 saturated heterocycles. The number of imide groups is 1. The monoisotopic (exact) mass is 344 g/mol. The number of amides is 4. The number of rotatable bonds is 3. The van der Waals surface area contributed by atoms with Crippen LogP contribution < -0.4 is 9.64 Å². The summed E-state index contributed by atoms with van der Waals surface area (Å²) in [4.78, 5) is 44.4. The van der Waals surface area contributed by atoms with Crippen molar-refractivity contribution in [3.05, 3.63) is 24.3 Å². The fourth-order valence-electron chi connectivity index (χ4n) is 2.94. The predicted octanol–water partition coefficient (Wildman–Crippen LogP) is 0.623. The molecule has 2 aliphatic rings. The number of carbonyl (C=O) groups excluding carboxylic acids is 3. The number of ether oxygens (including phenoxy) is 1. The second-order valence-electron chi connectivity index (χ2n) is 5.95. The fourth-order valence-corrected chi connectivity index (χ4v) is 2.94. The zero-order valence-corrected chi connectivity index (χ0v) is 14.2. The van der Waals surface area contributed by atoms with Crippen LogP contribution in [-0.4, -0.2) is 74.2 Å². The number of urea groups is 1. The molecule has 1 aromatic rings. The summed E-state index contributed by atoms with van der Waals surface area (Å²) in [5, 5.41) is 0. The summed E-state index contributed by atoms with van der Waals surface area (Å²) in [5.41, 5.74) is 1.06. The molecular weight excluding hydrogens is 324 g/mol. The van der Waals surface area contributed by atoms with Gasteiger partial charge in [-0.2, -0.15) is 0 Å². The van der Waals surface area contributed by atoms with Gasteiger partial charge in [-0.15, -0.1) is 0 Å². The van der Waals surface area contributed by atoms with Crippen LogP contribution in [0.25, 0.3) is 0 Å². The fraction of sp³-hybridized carbons (Fsp3) is 0.412. The summed E-state index contributed by atoms with van der Waals surface area (Å²) in [6.45, 7) is 2.37. The number of hydrogen-bond donors (Lipinski definition) is 0. The van der Waals surface area contributed by atoms with E-state index in [0.717, 1.165) is 22.6 Å². The molecule has 0 radical (unpaired) electrons. The summed E-state index contributed by atoms with van der Waals surface area (Å²) in [5.74, 6) is -1.04.